The lowest BCUT2D eigenvalue weighted by atomic mass is 10.2. The number of benzene rings is 1. The van der Waals surface area contributed by atoms with E-state index in [2.05, 4.69) is 0 Å². The summed E-state index contributed by atoms with van der Waals surface area (Å²) in [5.74, 6) is -0.253. The van der Waals surface area contributed by atoms with Crippen LogP contribution in [-0.2, 0) is 9.53 Å². The Morgan fingerprint density at radius 3 is 2.64 bits per heavy atom. The Morgan fingerprint density at radius 1 is 1.36 bits per heavy atom. The SMILES string of the molecule is CN1COC(=O)/C1=C/c1ccccc1. The van der Waals surface area contributed by atoms with Gasteiger partial charge >= 0.3 is 5.97 Å². The summed E-state index contributed by atoms with van der Waals surface area (Å²) in [6.45, 7) is 0.345. The van der Waals surface area contributed by atoms with Crippen LogP contribution in [0.1, 0.15) is 5.56 Å². The molecule has 0 aromatic heterocycles. The van der Waals surface area contributed by atoms with Gasteiger partial charge in [-0.15, -0.1) is 0 Å². The van der Waals surface area contributed by atoms with Crippen molar-refractivity contribution in [3.8, 4) is 0 Å². The van der Waals surface area contributed by atoms with E-state index in [1.54, 1.807) is 4.90 Å². The summed E-state index contributed by atoms with van der Waals surface area (Å²) < 4.78 is 4.87. The molecule has 0 spiro atoms. The number of hydrogen-bond donors (Lipinski definition) is 0. The quantitative estimate of drug-likeness (QED) is 0.495. The van der Waals surface area contributed by atoms with Gasteiger partial charge in [0.15, 0.2) is 6.73 Å². The third kappa shape index (κ3) is 1.62. The lowest BCUT2D eigenvalue weighted by Crippen LogP contribution is -2.11. The summed E-state index contributed by atoms with van der Waals surface area (Å²) in [4.78, 5) is 13.0. The molecular formula is C11H11NO2. The van der Waals surface area contributed by atoms with Gasteiger partial charge in [0, 0.05) is 7.05 Å². The van der Waals surface area contributed by atoms with Crippen molar-refractivity contribution in [2.24, 2.45) is 0 Å². The van der Waals surface area contributed by atoms with Gasteiger partial charge in [0.05, 0.1) is 0 Å². The fraction of sp³-hybridized carbons (Fsp3) is 0.182. The summed E-state index contributed by atoms with van der Waals surface area (Å²) in [5.41, 5.74) is 1.62. The predicted molar refractivity (Wildman–Crippen MR) is 53.1 cm³/mol. The first-order valence-electron chi connectivity index (χ1n) is 4.42. The van der Waals surface area contributed by atoms with Gasteiger partial charge in [-0.25, -0.2) is 4.79 Å². The number of cyclic esters (lactones) is 1. The van der Waals surface area contributed by atoms with E-state index in [9.17, 15) is 4.79 Å². The van der Waals surface area contributed by atoms with Crippen LogP contribution < -0.4 is 0 Å². The Bertz CT molecular complexity index is 370. The van der Waals surface area contributed by atoms with Crippen molar-refractivity contribution in [3.05, 3.63) is 41.6 Å². The first-order valence-corrected chi connectivity index (χ1v) is 4.42. The molecule has 0 amide bonds. The molecule has 0 bridgehead atoms. The summed E-state index contributed by atoms with van der Waals surface area (Å²) in [6.07, 6.45) is 1.83. The van der Waals surface area contributed by atoms with Crippen molar-refractivity contribution >= 4 is 12.0 Å². The minimum absolute atomic E-state index is 0.253. The smallest absolute Gasteiger partial charge is 0.356 e. The maximum Gasteiger partial charge on any atom is 0.356 e. The fourth-order valence-electron chi connectivity index (χ4n) is 1.33. The Labute approximate surface area is 82.6 Å². The van der Waals surface area contributed by atoms with Crippen molar-refractivity contribution in [2.45, 2.75) is 0 Å². The van der Waals surface area contributed by atoms with E-state index in [1.807, 2.05) is 43.5 Å². The molecule has 3 nitrogen and oxygen atoms in total. The molecule has 1 aromatic rings. The van der Waals surface area contributed by atoms with E-state index in [0.717, 1.165) is 5.56 Å². The summed E-state index contributed by atoms with van der Waals surface area (Å²) in [5, 5.41) is 0. The van der Waals surface area contributed by atoms with Crippen LogP contribution in [0.15, 0.2) is 36.0 Å². The maximum atomic E-state index is 11.3. The number of ether oxygens (including phenoxy) is 1. The van der Waals surface area contributed by atoms with Gasteiger partial charge < -0.3 is 9.64 Å². The topological polar surface area (TPSA) is 29.5 Å². The largest absolute Gasteiger partial charge is 0.440 e. The molecular weight excluding hydrogens is 178 g/mol. The van der Waals surface area contributed by atoms with Crippen LogP contribution >= 0.6 is 0 Å². The van der Waals surface area contributed by atoms with E-state index in [-0.39, 0.29) is 5.97 Å². The minimum atomic E-state index is -0.253. The molecule has 3 heteroatoms. The summed E-state index contributed by atoms with van der Waals surface area (Å²) >= 11 is 0. The van der Waals surface area contributed by atoms with Crippen molar-refractivity contribution < 1.29 is 9.53 Å². The molecule has 1 aromatic carbocycles. The van der Waals surface area contributed by atoms with Crippen LogP contribution in [0.5, 0.6) is 0 Å². The van der Waals surface area contributed by atoms with Gasteiger partial charge in [0.1, 0.15) is 5.70 Å². The lowest BCUT2D eigenvalue weighted by molar-refractivity contribution is -0.135. The highest BCUT2D eigenvalue weighted by Gasteiger charge is 2.23. The van der Waals surface area contributed by atoms with Crippen LogP contribution in [-0.4, -0.2) is 24.6 Å². The highest BCUT2D eigenvalue weighted by molar-refractivity contribution is 5.94. The second-order valence-electron chi connectivity index (χ2n) is 3.20. The molecule has 72 valence electrons. The van der Waals surface area contributed by atoms with Gasteiger partial charge in [-0.2, -0.15) is 0 Å². The van der Waals surface area contributed by atoms with Gasteiger partial charge in [0.2, 0.25) is 0 Å². The highest BCUT2D eigenvalue weighted by atomic mass is 16.6. The highest BCUT2D eigenvalue weighted by Crippen LogP contribution is 2.16. The second-order valence-corrected chi connectivity index (χ2v) is 3.20. The number of nitrogens with zero attached hydrogens (tertiary/aromatic N) is 1. The van der Waals surface area contributed by atoms with E-state index in [4.69, 9.17) is 4.74 Å². The maximum absolute atomic E-state index is 11.3. The molecule has 0 N–H and O–H groups in total. The molecule has 1 aliphatic heterocycles. The van der Waals surface area contributed by atoms with Crippen molar-refractivity contribution in [2.75, 3.05) is 13.8 Å². The molecule has 0 aliphatic carbocycles. The van der Waals surface area contributed by atoms with Crippen LogP contribution in [0.4, 0.5) is 0 Å². The first kappa shape index (κ1) is 8.81. The molecule has 0 unspecified atom stereocenters. The van der Waals surface area contributed by atoms with Gasteiger partial charge in [0.25, 0.3) is 0 Å². The molecule has 14 heavy (non-hydrogen) atoms. The van der Waals surface area contributed by atoms with Crippen molar-refractivity contribution in [1.82, 2.24) is 4.90 Å². The standard InChI is InChI=1S/C11H11NO2/c1-12-8-14-11(13)10(12)7-9-5-3-2-4-6-9/h2-7H,8H2,1H3/b10-7-. The monoisotopic (exact) mass is 189 g/mol. The number of hydrogen-bond acceptors (Lipinski definition) is 3. The third-order valence-corrected chi connectivity index (χ3v) is 2.11. The average Bonchev–Trinajstić information content (AvgIpc) is 2.51. The van der Waals surface area contributed by atoms with Crippen LogP contribution in [0, 0.1) is 0 Å². The van der Waals surface area contributed by atoms with Crippen LogP contribution in [0.25, 0.3) is 6.08 Å². The Morgan fingerprint density at radius 2 is 2.07 bits per heavy atom. The van der Waals surface area contributed by atoms with Gasteiger partial charge in [-0.1, -0.05) is 30.3 Å². The van der Waals surface area contributed by atoms with E-state index >= 15 is 0 Å². The Kier molecular flexibility index (Phi) is 2.23. The zero-order chi connectivity index (χ0) is 9.97. The number of carbonyl (C=O) groups excluding carboxylic acids is 1. The molecule has 0 saturated carbocycles. The number of esters is 1. The second kappa shape index (κ2) is 3.54. The Hall–Kier alpha value is -1.77. The third-order valence-electron chi connectivity index (χ3n) is 2.11. The van der Waals surface area contributed by atoms with Gasteiger partial charge in [-0.3, -0.25) is 0 Å². The molecule has 2 rings (SSSR count). The molecule has 1 aliphatic rings. The van der Waals surface area contributed by atoms with Gasteiger partial charge in [-0.05, 0) is 11.6 Å². The van der Waals surface area contributed by atoms with Crippen LogP contribution in [0.2, 0.25) is 0 Å². The minimum Gasteiger partial charge on any atom is -0.440 e. The van der Waals surface area contributed by atoms with E-state index in [0.29, 0.717) is 12.4 Å². The number of rotatable bonds is 1. The predicted octanol–water partition coefficient (Wildman–Crippen LogP) is 1.47. The Balaban J connectivity index is 2.30. The zero-order valence-corrected chi connectivity index (χ0v) is 7.93. The van der Waals surface area contributed by atoms with Crippen molar-refractivity contribution in [1.29, 1.82) is 0 Å². The number of carbonyl (C=O) groups is 1. The fourth-order valence-corrected chi connectivity index (χ4v) is 1.33. The number of likely N-dealkylation sites (N-methyl/N-ethyl adjacent to an activating group) is 1. The molecule has 1 fully saturated rings. The normalized spacial score (nSPS) is 18.8. The summed E-state index contributed by atoms with van der Waals surface area (Å²) in [6, 6.07) is 9.72. The summed E-state index contributed by atoms with van der Waals surface area (Å²) in [7, 11) is 1.83. The molecule has 0 atom stereocenters. The average molecular weight is 189 g/mol. The molecule has 0 radical (unpaired) electrons. The van der Waals surface area contributed by atoms with Crippen LogP contribution in [0.3, 0.4) is 0 Å². The first-order chi connectivity index (χ1) is 6.77. The lowest BCUT2D eigenvalue weighted by Gasteiger charge is -2.06. The molecule has 1 heterocycles. The van der Waals surface area contributed by atoms with E-state index in [1.165, 1.54) is 0 Å². The molecule has 1 saturated heterocycles. The van der Waals surface area contributed by atoms with Crippen molar-refractivity contribution in [3.63, 3.8) is 0 Å². The van der Waals surface area contributed by atoms with E-state index < -0.39 is 0 Å². The zero-order valence-electron chi connectivity index (χ0n) is 7.93.